The molecule has 0 amide bonds. The van der Waals surface area contributed by atoms with Crippen LogP contribution in [0, 0.1) is 13.8 Å². The van der Waals surface area contributed by atoms with Crippen LogP contribution in [-0.4, -0.2) is 34.1 Å². The average Bonchev–Trinajstić information content (AvgIpc) is 3.12. The van der Waals surface area contributed by atoms with E-state index in [1.54, 1.807) is 20.8 Å². The number of aromatic nitrogens is 2. The van der Waals surface area contributed by atoms with Crippen LogP contribution < -0.4 is 0 Å². The zero-order valence-corrected chi connectivity index (χ0v) is 16.9. The Morgan fingerprint density at radius 2 is 2.12 bits per heavy atom. The standard InChI is InChI=1S/C18H17ClN2O3S2/c1-4-24-17(23)15-9(2)16(20-10(15)3)13(22)8-25-18-21-12-7-11(19)5-6-14(12)26-18/h5-7,20H,4,8H2,1-3H3. The lowest BCUT2D eigenvalue weighted by molar-refractivity contribution is 0.0525. The SMILES string of the molecule is CCOC(=O)c1c(C)[nH]c(C(=O)CSc2nc3cc(Cl)ccc3s2)c1C. The summed E-state index contributed by atoms with van der Waals surface area (Å²) in [5, 5.41) is 0.638. The fourth-order valence-corrected chi connectivity index (χ4v) is 4.77. The van der Waals surface area contributed by atoms with E-state index in [1.807, 2.05) is 18.2 Å². The second kappa shape index (κ2) is 7.82. The Bertz CT molecular complexity index is 994. The van der Waals surface area contributed by atoms with E-state index < -0.39 is 5.97 Å². The number of halogens is 1. The van der Waals surface area contributed by atoms with Crippen molar-refractivity contribution in [1.29, 1.82) is 0 Å². The van der Waals surface area contributed by atoms with Gasteiger partial charge in [0.1, 0.15) is 0 Å². The van der Waals surface area contributed by atoms with E-state index in [-0.39, 0.29) is 11.5 Å². The second-order valence-electron chi connectivity index (χ2n) is 5.65. The number of Topliss-reactive ketones (excluding diaryl/α,β-unsaturated/α-hetero) is 1. The number of rotatable bonds is 6. The van der Waals surface area contributed by atoms with Gasteiger partial charge in [-0.2, -0.15) is 0 Å². The maximum atomic E-state index is 12.6. The average molecular weight is 409 g/mol. The van der Waals surface area contributed by atoms with E-state index in [1.165, 1.54) is 23.1 Å². The van der Waals surface area contributed by atoms with Gasteiger partial charge in [-0.05, 0) is 44.5 Å². The van der Waals surface area contributed by atoms with Crippen molar-refractivity contribution in [2.45, 2.75) is 25.1 Å². The van der Waals surface area contributed by atoms with Crippen molar-refractivity contribution in [1.82, 2.24) is 9.97 Å². The number of fused-ring (bicyclic) bond motifs is 1. The first-order chi connectivity index (χ1) is 12.4. The number of hydrogen-bond donors (Lipinski definition) is 1. The summed E-state index contributed by atoms with van der Waals surface area (Å²) in [7, 11) is 0. The molecule has 2 aromatic heterocycles. The van der Waals surface area contributed by atoms with Gasteiger partial charge in [0.2, 0.25) is 0 Å². The lowest BCUT2D eigenvalue weighted by Gasteiger charge is -2.02. The first kappa shape index (κ1) is 18.9. The maximum Gasteiger partial charge on any atom is 0.340 e. The molecule has 0 saturated carbocycles. The van der Waals surface area contributed by atoms with E-state index in [0.717, 1.165) is 14.6 Å². The van der Waals surface area contributed by atoms with Gasteiger partial charge < -0.3 is 9.72 Å². The van der Waals surface area contributed by atoms with Gasteiger partial charge in [0.15, 0.2) is 10.1 Å². The molecule has 0 spiro atoms. The third-order valence-corrected chi connectivity index (χ3v) is 6.27. The predicted molar refractivity (Wildman–Crippen MR) is 106 cm³/mol. The van der Waals surface area contributed by atoms with Gasteiger partial charge in [-0.25, -0.2) is 9.78 Å². The van der Waals surface area contributed by atoms with E-state index in [9.17, 15) is 9.59 Å². The fourth-order valence-electron chi connectivity index (χ4n) is 2.68. The lowest BCUT2D eigenvalue weighted by Crippen LogP contribution is -2.08. The summed E-state index contributed by atoms with van der Waals surface area (Å²) in [6.07, 6.45) is 0. The number of esters is 1. The minimum Gasteiger partial charge on any atom is -0.462 e. The van der Waals surface area contributed by atoms with Crippen LogP contribution in [0.3, 0.4) is 0 Å². The molecule has 0 aliphatic rings. The summed E-state index contributed by atoms with van der Waals surface area (Å²) < 4.78 is 6.90. The number of hydrogen-bond acceptors (Lipinski definition) is 6. The van der Waals surface area contributed by atoms with Gasteiger partial charge in [0.05, 0.1) is 33.8 Å². The van der Waals surface area contributed by atoms with E-state index in [4.69, 9.17) is 16.3 Å². The second-order valence-corrected chi connectivity index (χ2v) is 8.34. The van der Waals surface area contributed by atoms with Gasteiger partial charge in [-0.15, -0.1) is 11.3 Å². The Morgan fingerprint density at radius 1 is 1.35 bits per heavy atom. The summed E-state index contributed by atoms with van der Waals surface area (Å²) in [5.41, 5.74) is 2.98. The number of carbonyl (C=O) groups excluding carboxylic acids is 2. The number of ketones is 1. The number of nitrogens with zero attached hydrogens (tertiary/aromatic N) is 1. The van der Waals surface area contributed by atoms with Crippen LogP contribution in [0.5, 0.6) is 0 Å². The van der Waals surface area contributed by atoms with Crippen molar-refractivity contribution >= 4 is 56.7 Å². The molecule has 2 heterocycles. The molecule has 8 heteroatoms. The Kier molecular flexibility index (Phi) is 5.70. The number of aryl methyl sites for hydroxylation is 1. The van der Waals surface area contributed by atoms with Crippen LogP contribution in [-0.2, 0) is 4.74 Å². The molecule has 136 valence electrons. The maximum absolute atomic E-state index is 12.6. The number of thiazole rings is 1. The fraction of sp³-hybridized carbons (Fsp3) is 0.278. The van der Waals surface area contributed by atoms with Crippen molar-refractivity contribution in [3.8, 4) is 0 Å². The van der Waals surface area contributed by atoms with Crippen LogP contribution >= 0.6 is 34.7 Å². The summed E-state index contributed by atoms with van der Waals surface area (Å²) in [5.74, 6) is -0.256. The number of thioether (sulfide) groups is 1. The van der Waals surface area contributed by atoms with Gasteiger partial charge in [0.25, 0.3) is 0 Å². The molecule has 0 aliphatic carbocycles. The molecule has 0 radical (unpaired) electrons. The number of H-pyrrole nitrogens is 1. The van der Waals surface area contributed by atoms with Gasteiger partial charge >= 0.3 is 5.97 Å². The molecular weight excluding hydrogens is 392 g/mol. The number of ether oxygens (including phenoxy) is 1. The van der Waals surface area contributed by atoms with Crippen LogP contribution in [0.15, 0.2) is 22.5 Å². The Labute approximate surface area is 164 Å². The molecule has 1 N–H and O–H groups in total. The Hall–Kier alpha value is -1.83. The van der Waals surface area contributed by atoms with E-state index in [2.05, 4.69) is 9.97 Å². The monoisotopic (exact) mass is 408 g/mol. The first-order valence-corrected chi connectivity index (χ1v) is 10.2. The smallest absolute Gasteiger partial charge is 0.340 e. The summed E-state index contributed by atoms with van der Waals surface area (Å²) in [6, 6.07) is 5.55. The molecule has 5 nitrogen and oxygen atoms in total. The summed E-state index contributed by atoms with van der Waals surface area (Å²) >= 11 is 8.88. The summed E-state index contributed by atoms with van der Waals surface area (Å²) in [4.78, 5) is 32.2. The van der Waals surface area contributed by atoms with Gasteiger partial charge in [-0.3, -0.25) is 4.79 Å². The third kappa shape index (κ3) is 3.79. The Balaban J connectivity index is 1.75. The first-order valence-electron chi connectivity index (χ1n) is 7.99. The molecule has 0 unspecified atom stereocenters. The highest BCUT2D eigenvalue weighted by atomic mass is 35.5. The third-order valence-electron chi connectivity index (χ3n) is 3.85. The van der Waals surface area contributed by atoms with Gasteiger partial charge in [-0.1, -0.05) is 23.4 Å². The molecule has 0 aliphatic heterocycles. The number of benzene rings is 1. The van der Waals surface area contributed by atoms with Crippen LogP contribution in [0.25, 0.3) is 10.2 Å². The minimum atomic E-state index is -0.409. The number of aromatic amines is 1. The molecule has 26 heavy (non-hydrogen) atoms. The normalized spacial score (nSPS) is 11.1. The minimum absolute atomic E-state index is 0.0802. The zero-order chi connectivity index (χ0) is 18.8. The molecule has 0 fully saturated rings. The molecule has 0 atom stereocenters. The van der Waals surface area contributed by atoms with E-state index in [0.29, 0.717) is 34.1 Å². The number of carbonyl (C=O) groups is 2. The zero-order valence-electron chi connectivity index (χ0n) is 14.5. The lowest BCUT2D eigenvalue weighted by atomic mass is 10.1. The largest absolute Gasteiger partial charge is 0.462 e. The summed E-state index contributed by atoms with van der Waals surface area (Å²) in [6.45, 7) is 5.57. The van der Waals surface area contributed by atoms with Crippen molar-refractivity contribution < 1.29 is 14.3 Å². The van der Waals surface area contributed by atoms with Crippen LogP contribution in [0.1, 0.15) is 39.0 Å². The molecule has 1 aromatic carbocycles. The molecule has 0 bridgehead atoms. The topological polar surface area (TPSA) is 72.1 Å². The molecule has 3 rings (SSSR count). The van der Waals surface area contributed by atoms with Crippen molar-refractivity contribution in [2.24, 2.45) is 0 Å². The van der Waals surface area contributed by atoms with Crippen molar-refractivity contribution in [3.05, 3.63) is 45.7 Å². The quantitative estimate of drug-likeness (QED) is 0.351. The Morgan fingerprint density at radius 3 is 2.85 bits per heavy atom. The highest BCUT2D eigenvalue weighted by molar-refractivity contribution is 8.01. The van der Waals surface area contributed by atoms with Crippen LogP contribution in [0.2, 0.25) is 5.02 Å². The van der Waals surface area contributed by atoms with Gasteiger partial charge in [0, 0.05) is 10.7 Å². The van der Waals surface area contributed by atoms with Crippen LogP contribution in [0.4, 0.5) is 0 Å². The predicted octanol–water partition coefficient (Wildman–Crippen LogP) is 5.05. The molecular formula is C18H17ClN2O3S2. The molecule has 0 saturated heterocycles. The van der Waals surface area contributed by atoms with Crippen molar-refractivity contribution in [2.75, 3.05) is 12.4 Å². The number of nitrogens with one attached hydrogen (secondary N) is 1. The van der Waals surface area contributed by atoms with Crippen molar-refractivity contribution in [3.63, 3.8) is 0 Å². The molecule has 3 aromatic rings. The van der Waals surface area contributed by atoms with E-state index >= 15 is 0 Å². The highest BCUT2D eigenvalue weighted by Gasteiger charge is 2.23. The highest BCUT2D eigenvalue weighted by Crippen LogP contribution is 2.31.